The molecule has 1 aromatic rings. The summed E-state index contributed by atoms with van der Waals surface area (Å²) in [6.45, 7) is 12.8. The Bertz CT molecular complexity index is 915. The number of nitrogens with one attached hydrogen (secondary N) is 2. The molecule has 0 heterocycles. The van der Waals surface area contributed by atoms with Crippen LogP contribution < -0.4 is 10.6 Å². The summed E-state index contributed by atoms with van der Waals surface area (Å²) in [6.07, 6.45) is 2.46. The number of amides is 3. The van der Waals surface area contributed by atoms with Crippen molar-refractivity contribution < 1.29 is 24.2 Å². The highest BCUT2D eigenvalue weighted by Gasteiger charge is 2.48. The number of thioether (sulfide) groups is 1. The molecule has 0 aliphatic heterocycles. The van der Waals surface area contributed by atoms with Crippen LogP contribution in [0.25, 0.3) is 0 Å². The van der Waals surface area contributed by atoms with Crippen LogP contribution in [0.1, 0.15) is 71.6 Å². The van der Waals surface area contributed by atoms with Gasteiger partial charge in [0.1, 0.15) is 23.4 Å². The number of nitrogens with zero attached hydrogens (tertiary/aromatic N) is 1. The first-order valence-corrected chi connectivity index (χ1v) is 13.5. The van der Waals surface area contributed by atoms with Crippen LogP contribution in [0.3, 0.4) is 0 Å². The fourth-order valence-electron chi connectivity index (χ4n) is 3.95. The van der Waals surface area contributed by atoms with Crippen LogP contribution in [0.15, 0.2) is 18.2 Å². The van der Waals surface area contributed by atoms with E-state index in [9.17, 15) is 19.5 Å². The third-order valence-corrected chi connectivity index (χ3v) is 6.42. The molecule has 0 saturated heterocycles. The van der Waals surface area contributed by atoms with Crippen LogP contribution >= 0.6 is 11.8 Å². The predicted molar refractivity (Wildman–Crippen MR) is 139 cm³/mol. The van der Waals surface area contributed by atoms with Crippen LogP contribution in [-0.2, 0) is 14.3 Å². The largest absolute Gasteiger partial charge is 0.508 e. The molecule has 1 saturated carbocycles. The summed E-state index contributed by atoms with van der Waals surface area (Å²) in [4.78, 5) is 41.8. The molecule has 0 aromatic heterocycles. The first-order chi connectivity index (χ1) is 16.2. The topological polar surface area (TPSA) is 108 Å². The Hall–Kier alpha value is -2.42. The van der Waals surface area contributed by atoms with E-state index in [0.717, 1.165) is 6.42 Å². The molecule has 9 heteroatoms. The van der Waals surface area contributed by atoms with Crippen LogP contribution in [0, 0.1) is 12.8 Å². The fraction of sp³-hybridized carbons (Fsp3) is 0.654. The van der Waals surface area contributed by atoms with Gasteiger partial charge in [0.2, 0.25) is 11.8 Å². The van der Waals surface area contributed by atoms with Gasteiger partial charge in [-0.25, -0.2) is 4.79 Å². The molecule has 8 nitrogen and oxygen atoms in total. The lowest BCUT2D eigenvalue weighted by molar-refractivity contribution is -0.143. The zero-order valence-corrected chi connectivity index (χ0v) is 23.0. The summed E-state index contributed by atoms with van der Waals surface area (Å²) in [6, 6.07) is 2.99. The molecular formula is C26H41N3O5S. The number of carbonyl (C=O) groups excluding carboxylic acids is 3. The first kappa shape index (κ1) is 28.8. The third kappa shape index (κ3) is 8.33. The minimum absolute atomic E-state index is 0.121. The summed E-state index contributed by atoms with van der Waals surface area (Å²) in [5, 5.41) is 15.8. The van der Waals surface area contributed by atoms with Gasteiger partial charge < -0.3 is 25.4 Å². The van der Waals surface area contributed by atoms with Gasteiger partial charge in [-0.15, -0.1) is 0 Å². The van der Waals surface area contributed by atoms with Crippen molar-refractivity contribution in [2.24, 2.45) is 5.92 Å². The van der Waals surface area contributed by atoms with E-state index >= 15 is 0 Å². The number of aromatic hydroxyl groups is 1. The normalized spacial score (nSPS) is 19.0. The van der Waals surface area contributed by atoms with Gasteiger partial charge in [-0.2, -0.15) is 11.8 Å². The van der Waals surface area contributed by atoms with Crippen molar-refractivity contribution in [1.29, 1.82) is 0 Å². The van der Waals surface area contributed by atoms with Crippen molar-refractivity contribution in [2.45, 2.75) is 91.1 Å². The molecule has 0 bridgehead atoms. The minimum Gasteiger partial charge on any atom is -0.508 e. The highest BCUT2D eigenvalue weighted by Crippen LogP contribution is 2.41. The number of alkyl carbamates (subject to hydrolysis) is 1. The molecule has 1 aliphatic carbocycles. The number of benzene rings is 1. The van der Waals surface area contributed by atoms with E-state index in [1.165, 1.54) is 0 Å². The summed E-state index contributed by atoms with van der Waals surface area (Å²) < 4.78 is 5.41. The third-order valence-electron chi connectivity index (χ3n) is 5.77. The molecule has 3 amide bonds. The summed E-state index contributed by atoms with van der Waals surface area (Å²) in [7, 11) is 0. The molecule has 35 heavy (non-hydrogen) atoms. The highest BCUT2D eigenvalue weighted by molar-refractivity contribution is 7.98. The van der Waals surface area contributed by atoms with Gasteiger partial charge >= 0.3 is 6.09 Å². The van der Waals surface area contributed by atoms with E-state index in [1.807, 2.05) is 27.0 Å². The fourth-order valence-corrected chi connectivity index (χ4v) is 4.42. The second-order valence-corrected chi connectivity index (χ2v) is 11.6. The molecule has 2 rings (SSSR count). The monoisotopic (exact) mass is 507 g/mol. The second kappa shape index (κ2) is 12.0. The lowest BCUT2D eigenvalue weighted by Crippen LogP contribution is -2.54. The number of phenols is 1. The molecule has 1 aromatic carbocycles. The molecule has 196 valence electrons. The molecule has 0 spiro atoms. The van der Waals surface area contributed by atoms with Crippen molar-refractivity contribution in [1.82, 2.24) is 15.5 Å². The Kier molecular flexibility index (Phi) is 9.89. The number of ether oxygens (including phenoxy) is 1. The van der Waals surface area contributed by atoms with Gasteiger partial charge in [-0.3, -0.25) is 9.59 Å². The zero-order valence-electron chi connectivity index (χ0n) is 22.2. The minimum atomic E-state index is -0.892. The quantitative estimate of drug-likeness (QED) is 0.439. The highest BCUT2D eigenvalue weighted by atomic mass is 32.2. The molecule has 4 unspecified atom stereocenters. The van der Waals surface area contributed by atoms with Crippen LogP contribution in [0.2, 0.25) is 0 Å². The van der Waals surface area contributed by atoms with Gasteiger partial charge in [0.25, 0.3) is 0 Å². The summed E-state index contributed by atoms with van der Waals surface area (Å²) in [5.74, 6) is 0.405. The first-order valence-electron chi connectivity index (χ1n) is 12.2. The van der Waals surface area contributed by atoms with Crippen LogP contribution in [0.4, 0.5) is 4.79 Å². The van der Waals surface area contributed by atoms with E-state index in [2.05, 4.69) is 10.6 Å². The number of carbonyl (C=O) groups is 3. The molecule has 1 aliphatic rings. The maximum absolute atomic E-state index is 14.1. The lowest BCUT2D eigenvalue weighted by Gasteiger charge is -2.35. The Morgan fingerprint density at radius 2 is 1.86 bits per heavy atom. The van der Waals surface area contributed by atoms with E-state index in [4.69, 9.17) is 4.74 Å². The van der Waals surface area contributed by atoms with Gasteiger partial charge in [0.15, 0.2) is 0 Å². The number of hydrogen-bond acceptors (Lipinski definition) is 6. The summed E-state index contributed by atoms with van der Waals surface area (Å²) in [5.41, 5.74) is 0.532. The Morgan fingerprint density at radius 1 is 1.23 bits per heavy atom. The van der Waals surface area contributed by atoms with Crippen molar-refractivity contribution in [2.75, 3.05) is 12.0 Å². The van der Waals surface area contributed by atoms with Gasteiger partial charge in [0, 0.05) is 12.1 Å². The number of hydrogen-bond donors (Lipinski definition) is 3. The Morgan fingerprint density at radius 3 is 2.34 bits per heavy atom. The number of phenolic OH excluding ortho intramolecular Hbond substituents is 1. The van der Waals surface area contributed by atoms with E-state index in [0.29, 0.717) is 23.3 Å². The Labute approximate surface area is 213 Å². The molecular weight excluding hydrogens is 466 g/mol. The number of rotatable bonds is 10. The Balaban J connectivity index is 2.49. The maximum atomic E-state index is 14.1. The van der Waals surface area contributed by atoms with Gasteiger partial charge in [-0.1, -0.05) is 13.0 Å². The van der Waals surface area contributed by atoms with Gasteiger partial charge in [-0.05, 0) is 95.6 Å². The summed E-state index contributed by atoms with van der Waals surface area (Å²) >= 11 is 1.58. The second-order valence-electron chi connectivity index (χ2n) is 10.6. The number of aryl methyl sites for hydroxylation is 1. The molecule has 1 fully saturated rings. The SMILES string of the molecule is CSCCC(NC(=O)OC(C)(C)C)C(=O)N(C(C(=O)NC(C)C)c1ccc(O)c(C)c1)C1CC1C. The predicted octanol–water partition coefficient (Wildman–Crippen LogP) is 4.15. The van der Waals surface area contributed by atoms with E-state index < -0.39 is 23.8 Å². The van der Waals surface area contributed by atoms with Crippen molar-refractivity contribution in [3.8, 4) is 5.75 Å². The standard InChI is InChI=1S/C26H41N3O5S/c1-15(2)27-23(31)22(18-9-10-21(30)17(4)13-18)29(20-14-16(20)3)24(32)19(11-12-35-8)28-25(33)34-26(5,6)7/h9-10,13,15-16,19-20,22,30H,11-12,14H2,1-8H3,(H,27,31)(H,28,33). The van der Waals surface area contributed by atoms with E-state index in [1.54, 1.807) is 62.6 Å². The van der Waals surface area contributed by atoms with Crippen molar-refractivity contribution in [3.05, 3.63) is 29.3 Å². The molecule has 3 N–H and O–H groups in total. The van der Waals surface area contributed by atoms with Crippen LogP contribution in [-0.4, -0.2) is 63.6 Å². The van der Waals surface area contributed by atoms with Crippen molar-refractivity contribution >= 4 is 29.7 Å². The average molecular weight is 508 g/mol. The smallest absolute Gasteiger partial charge is 0.408 e. The maximum Gasteiger partial charge on any atom is 0.408 e. The average Bonchev–Trinajstić information content (AvgIpc) is 3.44. The lowest BCUT2D eigenvalue weighted by atomic mass is 9.99. The molecule has 0 radical (unpaired) electrons. The van der Waals surface area contributed by atoms with Crippen LogP contribution in [0.5, 0.6) is 5.75 Å². The van der Waals surface area contributed by atoms with Crippen molar-refractivity contribution in [3.63, 3.8) is 0 Å². The molecule has 4 atom stereocenters. The zero-order chi connectivity index (χ0) is 26.5. The van der Waals surface area contributed by atoms with Gasteiger partial charge in [0.05, 0.1) is 0 Å². The van der Waals surface area contributed by atoms with E-state index in [-0.39, 0.29) is 35.6 Å².